The second-order valence-corrected chi connectivity index (χ2v) is 5.40. The molecule has 0 spiro atoms. The third-order valence-corrected chi connectivity index (χ3v) is 2.04. The third kappa shape index (κ3) is 7.84. The van der Waals surface area contributed by atoms with Gasteiger partial charge in [-0.15, -0.1) is 0 Å². The molecular formula is C13H23NO4. The van der Waals surface area contributed by atoms with Gasteiger partial charge < -0.3 is 15.2 Å². The Balaban J connectivity index is 4.40. The Morgan fingerprint density at radius 1 is 1.33 bits per heavy atom. The maximum absolute atomic E-state index is 11.9. The molecule has 0 heterocycles. The largest absolute Gasteiger partial charge is 0.478 e. The molecule has 0 fully saturated rings. The molecule has 0 bridgehead atoms. The lowest BCUT2D eigenvalue weighted by Gasteiger charge is -2.26. The van der Waals surface area contributed by atoms with Gasteiger partial charge in [-0.2, -0.15) is 0 Å². The first kappa shape index (κ1) is 16.6. The maximum Gasteiger partial charge on any atom is 0.328 e. The smallest absolute Gasteiger partial charge is 0.328 e. The van der Waals surface area contributed by atoms with Crippen molar-refractivity contribution < 1.29 is 19.4 Å². The number of aliphatic carboxylic acids is 1. The van der Waals surface area contributed by atoms with Crippen molar-refractivity contribution in [1.82, 2.24) is 5.32 Å². The van der Waals surface area contributed by atoms with E-state index in [2.05, 4.69) is 5.32 Å². The molecule has 0 amide bonds. The number of hydrogen-bond acceptors (Lipinski definition) is 4. The van der Waals surface area contributed by atoms with Gasteiger partial charge in [0.25, 0.3) is 0 Å². The molecule has 2 N–H and O–H groups in total. The number of hydrogen-bond donors (Lipinski definition) is 2. The van der Waals surface area contributed by atoms with E-state index in [0.29, 0.717) is 6.54 Å². The fraction of sp³-hybridized carbons (Fsp3) is 0.692. The van der Waals surface area contributed by atoms with E-state index in [4.69, 9.17) is 9.84 Å². The third-order valence-electron chi connectivity index (χ3n) is 2.04. The van der Waals surface area contributed by atoms with Crippen molar-refractivity contribution in [1.29, 1.82) is 0 Å². The summed E-state index contributed by atoms with van der Waals surface area (Å²) < 4.78 is 5.30. The Morgan fingerprint density at radius 2 is 1.89 bits per heavy atom. The van der Waals surface area contributed by atoms with E-state index >= 15 is 0 Å². The molecule has 5 heteroatoms. The average Bonchev–Trinajstić information content (AvgIpc) is 2.12. The number of nitrogens with one attached hydrogen (secondary N) is 1. The minimum atomic E-state index is -1.00. The quantitative estimate of drug-likeness (QED) is 0.558. The lowest BCUT2D eigenvalue weighted by atomic mass is 10.0. The van der Waals surface area contributed by atoms with Gasteiger partial charge in [0.05, 0.1) is 0 Å². The standard InChI is InChI=1S/C13H23NO4/c1-9(2)11(12(17)18-13(3,4)5)14-8-6-7-10(15)16/h6-7,9,11,14H,8H2,1-5H3,(H,15,16)/b7-6+/t11-/m1/s1. The first-order valence-corrected chi connectivity index (χ1v) is 5.99. The lowest BCUT2D eigenvalue weighted by molar-refractivity contribution is -0.158. The van der Waals surface area contributed by atoms with Gasteiger partial charge in [-0.05, 0) is 26.7 Å². The minimum Gasteiger partial charge on any atom is -0.478 e. The van der Waals surface area contributed by atoms with Crippen LogP contribution in [0.25, 0.3) is 0 Å². The zero-order chi connectivity index (χ0) is 14.3. The summed E-state index contributed by atoms with van der Waals surface area (Å²) in [6.45, 7) is 9.56. The van der Waals surface area contributed by atoms with Crippen molar-refractivity contribution in [3.8, 4) is 0 Å². The Kier molecular flexibility index (Phi) is 6.62. The molecule has 0 aromatic rings. The van der Waals surface area contributed by atoms with Crippen LogP contribution in [-0.2, 0) is 14.3 Å². The predicted octanol–water partition coefficient (Wildman–Crippen LogP) is 1.58. The van der Waals surface area contributed by atoms with Crippen molar-refractivity contribution in [2.24, 2.45) is 5.92 Å². The van der Waals surface area contributed by atoms with Gasteiger partial charge in [0.1, 0.15) is 11.6 Å². The molecule has 0 aliphatic rings. The Morgan fingerprint density at radius 3 is 2.28 bits per heavy atom. The van der Waals surface area contributed by atoms with Gasteiger partial charge in [-0.1, -0.05) is 19.9 Å². The highest BCUT2D eigenvalue weighted by Crippen LogP contribution is 2.12. The zero-order valence-electron chi connectivity index (χ0n) is 11.7. The van der Waals surface area contributed by atoms with Crippen molar-refractivity contribution in [3.63, 3.8) is 0 Å². The highest BCUT2D eigenvalue weighted by atomic mass is 16.6. The van der Waals surface area contributed by atoms with Crippen LogP contribution in [0.4, 0.5) is 0 Å². The summed E-state index contributed by atoms with van der Waals surface area (Å²) in [7, 11) is 0. The van der Waals surface area contributed by atoms with Crippen molar-refractivity contribution in [2.75, 3.05) is 6.54 Å². The molecule has 0 saturated carbocycles. The van der Waals surface area contributed by atoms with Crippen LogP contribution in [0.3, 0.4) is 0 Å². The molecule has 0 unspecified atom stereocenters. The van der Waals surface area contributed by atoms with E-state index in [0.717, 1.165) is 6.08 Å². The lowest BCUT2D eigenvalue weighted by Crippen LogP contribution is -2.44. The van der Waals surface area contributed by atoms with Crippen molar-refractivity contribution >= 4 is 11.9 Å². The second-order valence-electron chi connectivity index (χ2n) is 5.40. The van der Waals surface area contributed by atoms with E-state index in [1.165, 1.54) is 6.08 Å². The first-order chi connectivity index (χ1) is 8.13. The van der Waals surface area contributed by atoms with Crippen LogP contribution in [0.15, 0.2) is 12.2 Å². The minimum absolute atomic E-state index is 0.0677. The number of rotatable bonds is 6. The molecular weight excluding hydrogens is 234 g/mol. The molecule has 0 radical (unpaired) electrons. The fourth-order valence-electron chi connectivity index (χ4n) is 1.31. The van der Waals surface area contributed by atoms with Gasteiger partial charge in [-0.25, -0.2) is 4.79 Å². The highest BCUT2D eigenvalue weighted by Gasteiger charge is 2.26. The monoisotopic (exact) mass is 257 g/mol. The number of ether oxygens (including phenoxy) is 1. The summed E-state index contributed by atoms with van der Waals surface area (Å²) in [4.78, 5) is 22.2. The summed E-state index contributed by atoms with van der Waals surface area (Å²) in [5.74, 6) is -1.26. The molecule has 0 rings (SSSR count). The Hall–Kier alpha value is -1.36. The van der Waals surface area contributed by atoms with Crippen LogP contribution >= 0.6 is 0 Å². The zero-order valence-corrected chi connectivity index (χ0v) is 11.7. The van der Waals surface area contributed by atoms with Crippen molar-refractivity contribution in [3.05, 3.63) is 12.2 Å². The van der Waals surface area contributed by atoms with Crippen LogP contribution in [0.5, 0.6) is 0 Å². The van der Waals surface area contributed by atoms with Crippen molar-refractivity contribution in [2.45, 2.75) is 46.3 Å². The van der Waals surface area contributed by atoms with E-state index < -0.39 is 17.6 Å². The molecule has 0 aliphatic carbocycles. The van der Waals surface area contributed by atoms with E-state index in [1.54, 1.807) is 0 Å². The summed E-state index contributed by atoms with van der Waals surface area (Å²) >= 11 is 0. The molecule has 0 aromatic carbocycles. The normalized spacial score (nSPS) is 13.9. The summed E-state index contributed by atoms with van der Waals surface area (Å²) in [5, 5.41) is 11.4. The fourth-order valence-corrected chi connectivity index (χ4v) is 1.31. The second kappa shape index (κ2) is 7.16. The van der Waals surface area contributed by atoms with E-state index in [-0.39, 0.29) is 11.9 Å². The van der Waals surface area contributed by atoms with Gasteiger partial charge in [0.2, 0.25) is 0 Å². The topological polar surface area (TPSA) is 75.6 Å². The first-order valence-electron chi connectivity index (χ1n) is 5.99. The molecule has 0 saturated heterocycles. The Labute approximate surface area is 108 Å². The number of carboxylic acids is 1. The van der Waals surface area contributed by atoms with E-state index in [1.807, 2.05) is 34.6 Å². The molecule has 104 valence electrons. The van der Waals surface area contributed by atoms with Crippen LogP contribution < -0.4 is 5.32 Å². The highest BCUT2D eigenvalue weighted by molar-refractivity contribution is 5.79. The van der Waals surface area contributed by atoms with Gasteiger partial charge in [-0.3, -0.25) is 4.79 Å². The van der Waals surface area contributed by atoms with Gasteiger partial charge in [0.15, 0.2) is 0 Å². The molecule has 1 atom stereocenters. The van der Waals surface area contributed by atoms with Gasteiger partial charge in [0, 0.05) is 12.6 Å². The molecule has 0 aliphatic heterocycles. The van der Waals surface area contributed by atoms with Crippen LogP contribution in [-0.4, -0.2) is 35.2 Å². The van der Waals surface area contributed by atoms with E-state index in [9.17, 15) is 9.59 Å². The summed E-state index contributed by atoms with van der Waals surface area (Å²) in [6.07, 6.45) is 2.50. The molecule has 5 nitrogen and oxygen atoms in total. The number of carboxylic acid groups (broad SMARTS) is 1. The number of carbonyl (C=O) groups excluding carboxylic acids is 1. The van der Waals surface area contributed by atoms with Crippen LogP contribution in [0, 0.1) is 5.92 Å². The summed E-state index contributed by atoms with van der Waals surface area (Å²) in [6, 6.07) is -0.442. The number of esters is 1. The Bertz CT molecular complexity index is 315. The van der Waals surface area contributed by atoms with Gasteiger partial charge >= 0.3 is 11.9 Å². The predicted molar refractivity (Wildman–Crippen MR) is 69.2 cm³/mol. The van der Waals surface area contributed by atoms with Crippen LogP contribution in [0.1, 0.15) is 34.6 Å². The molecule has 0 aromatic heterocycles. The molecule has 18 heavy (non-hydrogen) atoms. The van der Waals surface area contributed by atoms with Crippen LogP contribution in [0.2, 0.25) is 0 Å². The average molecular weight is 257 g/mol. The summed E-state index contributed by atoms with van der Waals surface area (Å²) in [5.41, 5.74) is -0.525. The maximum atomic E-state index is 11.9. The SMILES string of the molecule is CC(C)[C@@H](NC/C=C/C(=O)O)C(=O)OC(C)(C)C. The number of carbonyl (C=O) groups is 2.